The van der Waals surface area contributed by atoms with Crippen molar-refractivity contribution in [3.8, 4) is 0 Å². The summed E-state index contributed by atoms with van der Waals surface area (Å²) in [6.45, 7) is 8.24. The van der Waals surface area contributed by atoms with Gasteiger partial charge in [-0.25, -0.2) is 0 Å². The average Bonchev–Trinajstić information content (AvgIpc) is 3.52. The predicted molar refractivity (Wildman–Crippen MR) is 148 cm³/mol. The van der Waals surface area contributed by atoms with E-state index in [1.165, 1.54) is 73.3 Å². The second-order valence-electron chi connectivity index (χ2n) is 9.60. The highest BCUT2D eigenvalue weighted by Gasteiger charge is 2.23. The Morgan fingerprint density at radius 1 is 1.18 bits per heavy atom. The minimum Gasteiger partial charge on any atom is -0.384 e. The average molecular weight is 457 g/mol. The number of aromatic nitrogens is 1. The Kier molecular flexibility index (Phi) is 8.48. The standard InChI is InChI=1S/C21H29N3.C9H11N/c1-23(20-8-7-18-9-12-22-21(18)15-20)19-10-13-24(14-11-19)16-17-5-3-2-4-6-17;1-3-4-5-9-6-7-10(2)8-9/h3,5-8,15,19,22H,2,4,9-14,16H2,1H3;3-8H,1H2,2H3/b;5-4+. The van der Waals surface area contributed by atoms with Crippen LogP contribution in [-0.2, 0) is 13.5 Å². The summed E-state index contributed by atoms with van der Waals surface area (Å²) in [6.07, 6.45) is 23.0. The largest absolute Gasteiger partial charge is 0.384 e. The molecule has 4 heteroatoms. The SMILES string of the molecule is C=C/C=C/c1ccn(C)c1.CN(c1ccc2c(c1)NCC2)C1CCN(CC2=CCCC=C2)CC1. The number of nitrogens with one attached hydrogen (secondary N) is 1. The van der Waals surface area contributed by atoms with Crippen LogP contribution in [-0.4, -0.2) is 48.7 Å². The first-order valence-corrected chi connectivity index (χ1v) is 12.7. The third-order valence-corrected chi connectivity index (χ3v) is 7.07. The smallest absolute Gasteiger partial charge is 0.0394 e. The molecule has 0 spiro atoms. The Morgan fingerprint density at radius 2 is 2.03 bits per heavy atom. The van der Waals surface area contributed by atoms with Gasteiger partial charge in [-0.05, 0) is 67.0 Å². The van der Waals surface area contributed by atoms with Crippen LogP contribution in [0.1, 0.15) is 36.8 Å². The fourth-order valence-corrected chi connectivity index (χ4v) is 5.02. The second-order valence-corrected chi connectivity index (χ2v) is 9.60. The number of piperidine rings is 1. The van der Waals surface area contributed by atoms with Crippen LogP contribution in [0.3, 0.4) is 0 Å². The number of hydrogen-bond donors (Lipinski definition) is 1. The summed E-state index contributed by atoms with van der Waals surface area (Å²) in [5.41, 5.74) is 6.89. The molecule has 5 rings (SSSR count). The minimum atomic E-state index is 0.664. The van der Waals surface area contributed by atoms with E-state index in [1.54, 1.807) is 6.08 Å². The van der Waals surface area contributed by atoms with Crippen molar-refractivity contribution in [1.82, 2.24) is 9.47 Å². The van der Waals surface area contributed by atoms with Crippen molar-refractivity contribution in [2.45, 2.75) is 38.1 Å². The van der Waals surface area contributed by atoms with E-state index in [0.717, 1.165) is 13.1 Å². The van der Waals surface area contributed by atoms with Crippen molar-refractivity contribution in [2.75, 3.05) is 43.4 Å². The summed E-state index contributed by atoms with van der Waals surface area (Å²) >= 11 is 0. The molecule has 3 heterocycles. The Balaban J connectivity index is 0.000000231. The molecule has 1 aromatic carbocycles. The van der Waals surface area contributed by atoms with Gasteiger partial charge in [0.1, 0.15) is 0 Å². The lowest BCUT2D eigenvalue weighted by Gasteiger charge is -2.38. The molecule has 1 aliphatic carbocycles. The molecule has 0 bridgehead atoms. The molecule has 0 radical (unpaired) electrons. The number of fused-ring (bicyclic) bond motifs is 1. The molecule has 2 aromatic rings. The fourth-order valence-electron chi connectivity index (χ4n) is 5.02. The predicted octanol–water partition coefficient (Wildman–Crippen LogP) is 6.06. The molecule has 1 aromatic heterocycles. The number of rotatable bonds is 6. The number of aryl methyl sites for hydroxylation is 1. The minimum absolute atomic E-state index is 0.664. The van der Waals surface area contributed by atoms with Crippen LogP contribution in [0, 0.1) is 0 Å². The van der Waals surface area contributed by atoms with E-state index >= 15 is 0 Å². The van der Waals surface area contributed by atoms with Gasteiger partial charge in [-0.15, -0.1) is 0 Å². The van der Waals surface area contributed by atoms with Gasteiger partial charge in [-0.1, -0.05) is 49.1 Å². The van der Waals surface area contributed by atoms with Crippen LogP contribution in [0.4, 0.5) is 11.4 Å². The molecular weight excluding hydrogens is 416 g/mol. The summed E-state index contributed by atoms with van der Waals surface area (Å²) < 4.78 is 2.02. The molecule has 1 N–H and O–H groups in total. The van der Waals surface area contributed by atoms with Gasteiger partial charge >= 0.3 is 0 Å². The lowest BCUT2D eigenvalue weighted by atomic mass is 10.0. The van der Waals surface area contributed by atoms with Crippen LogP contribution in [0.5, 0.6) is 0 Å². The van der Waals surface area contributed by atoms with Crippen molar-refractivity contribution in [3.05, 3.63) is 90.3 Å². The maximum absolute atomic E-state index is 3.59. The number of benzene rings is 1. The van der Waals surface area contributed by atoms with Gasteiger partial charge in [0.05, 0.1) is 0 Å². The summed E-state index contributed by atoms with van der Waals surface area (Å²) in [7, 11) is 4.27. The van der Waals surface area contributed by atoms with Gasteiger partial charge in [0.25, 0.3) is 0 Å². The first-order chi connectivity index (χ1) is 16.6. The topological polar surface area (TPSA) is 23.4 Å². The molecule has 0 saturated carbocycles. The summed E-state index contributed by atoms with van der Waals surface area (Å²) in [5, 5.41) is 3.50. The highest BCUT2D eigenvalue weighted by Crippen LogP contribution is 2.30. The van der Waals surface area contributed by atoms with E-state index in [4.69, 9.17) is 0 Å². The number of allylic oxidation sites excluding steroid dienone is 4. The van der Waals surface area contributed by atoms with Gasteiger partial charge in [-0.3, -0.25) is 4.90 Å². The fraction of sp³-hybridized carbons (Fsp3) is 0.400. The Labute approximate surface area is 206 Å². The molecule has 1 saturated heterocycles. The highest BCUT2D eigenvalue weighted by atomic mass is 15.2. The normalized spacial score (nSPS) is 18.1. The van der Waals surface area contributed by atoms with Crippen molar-refractivity contribution >= 4 is 17.5 Å². The number of anilines is 2. The maximum atomic E-state index is 3.59. The molecule has 1 fully saturated rings. The molecule has 0 unspecified atom stereocenters. The van der Waals surface area contributed by atoms with E-state index in [2.05, 4.69) is 77.4 Å². The second kappa shape index (κ2) is 11.9. The number of likely N-dealkylation sites (tertiary alicyclic amines) is 1. The van der Waals surface area contributed by atoms with Gasteiger partial charge < -0.3 is 14.8 Å². The lowest BCUT2D eigenvalue weighted by molar-refractivity contribution is 0.227. The zero-order chi connectivity index (χ0) is 23.8. The summed E-state index contributed by atoms with van der Waals surface area (Å²) in [5.74, 6) is 0. The Hall–Kier alpha value is -2.98. The maximum Gasteiger partial charge on any atom is 0.0394 e. The molecule has 2 aliphatic heterocycles. The van der Waals surface area contributed by atoms with E-state index in [-0.39, 0.29) is 0 Å². The van der Waals surface area contributed by atoms with Crippen molar-refractivity contribution in [2.24, 2.45) is 7.05 Å². The molecular formula is C30H40N4. The van der Waals surface area contributed by atoms with Gasteiger partial charge in [0.15, 0.2) is 0 Å². The third kappa shape index (κ3) is 6.54. The van der Waals surface area contributed by atoms with Gasteiger partial charge in [-0.2, -0.15) is 0 Å². The summed E-state index contributed by atoms with van der Waals surface area (Å²) in [4.78, 5) is 5.12. The van der Waals surface area contributed by atoms with E-state index in [9.17, 15) is 0 Å². The quantitative estimate of drug-likeness (QED) is 0.535. The van der Waals surface area contributed by atoms with Crippen molar-refractivity contribution < 1.29 is 0 Å². The van der Waals surface area contributed by atoms with Crippen LogP contribution >= 0.6 is 0 Å². The number of hydrogen-bond acceptors (Lipinski definition) is 3. The zero-order valence-corrected chi connectivity index (χ0v) is 20.9. The molecule has 0 atom stereocenters. The van der Waals surface area contributed by atoms with Crippen LogP contribution in [0.25, 0.3) is 6.08 Å². The number of nitrogens with zero attached hydrogens (tertiary/aromatic N) is 3. The van der Waals surface area contributed by atoms with E-state index in [1.807, 2.05) is 30.0 Å². The van der Waals surface area contributed by atoms with E-state index < -0.39 is 0 Å². The molecule has 180 valence electrons. The third-order valence-electron chi connectivity index (χ3n) is 7.07. The van der Waals surface area contributed by atoms with Crippen LogP contribution in [0.15, 0.2) is 79.2 Å². The van der Waals surface area contributed by atoms with Gasteiger partial charge in [0.2, 0.25) is 0 Å². The molecule has 34 heavy (non-hydrogen) atoms. The highest BCUT2D eigenvalue weighted by molar-refractivity contribution is 5.65. The Bertz CT molecular complexity index is 1030. The first kappa shape index (κ1) is 24.2. The zero-order valence-electron chi connectivity index (χ0n) is 20.9. The van der Waals surface area contributed by atoms with Crippen LogP contribution < -0.4 is 10.2 Å². The van der Waals surface area contributed by atoms with Gasteiger partial charge in [0, 0.05) is 70.1 Å². The first-order valence-electron chi connectivity index (χ1n) is 12.7. The Morgan fingerprint density at radius 3 is 2.74 bits per heavy atom. The van der Waals surface area contributed by atoms with Crippen molar-refractivity contribution in [1.29, 1.82) is 0 Å². The van der Waals surface area contributed by atoms with Crippen LogP contribution in [0.2, 0.25) is 0 Å². The van der Waals surface area contributed by atoms with Crippen molar-refractivity contribution in [3.63, 3.8) is 0 Å². The molecule has 0 amide bonds. The monoisotopic (exact) mass is 456 g/mol. The summed E-state index contributed by atoms with van der Waals surface area (Å²) in [6, 6.07) is 9.66. The lowest BCUT2D eigenvalue weighted by Crippen LogP contribution is -2.44. The molecule has 4 nitrogen and oxygen atoms in total. The molecule has 3 aliphatic rings. The van der Waals surface area contributed by atoms with E-state index in [0.29, 0.717) is 6.04 Å².